The summed E-state index contributed by atoms with van der Waals surface area (Å²) in [5.41, 5.74) is 7.62. The smallest absolute Gasteiger partial charge is 0.333 e. The maximum Gasteiger partial charge on any atom is 0.333 e. The summed E-state index contributed by atoms with van der Waals surface area (Å²) in [4.78, 5) is 11.8. The van der Waals surface area contributed by atoms with Gasteiger partial charge in [0.25, 0.3) is 8.32 Å². The topological polar surface area (TPSA) is 61.5 Å². The van der Waals surface area contributed by atoms with Crippen LogP contribution in [0.5, 0.6) is 0 Å². The number of nitrogens with two attached hydrogens (primary N) is 1. The lowest BCUT2D eigenvalue weighted by Gasteiger charge is -2.44. The van der Waals surface area contributed by atoms with E-state index in [0.717, 1.165) is 25.7 Å². The molecule has 1 aliphatic carbocycles. The third kappa shape index (κ3) is 7.63. The molecule has 4 nitrogen and oxygen atoms in total. The number of unbranched alkanes of at least 4 members (excludes halogenated alkanes) is 1. The summed E-state index contributed by atoms with van der Waals surface area (Å²) in [6.07, 6.45) is 12.3. The highest BCUT2D eigenvalue weighted by Gasteiger charge is 2.51. The SMILES string of the molecule is CCOC(=O)/C(C)=C/C=C/CCC[C@@]1(N)CCC[C@@H]1[C@H](C)CO[Si](c1ccccc1)(c1ccccc1)C(C)(C)C. The molecular formula is C35H51NO3Si. The van der Waals surface area contributed by atoms with Gasteiger partial charge in [0.1, 0.15) is 0 Å². The van der Waals surface area contributed by atoms with Crippen LogP contribution in [0.15, 0.2) is 84.5 Å². The molecular weight excluding hydrogens is 510 g/mol. The van der Waals surface area contributed by atoms with Crippen molar-refractivity contribution >= 4 is 24.7 Å². The highest BCUT2D eigenvalue weighted by atomic mass is 28.4. The molecule has 3 atom stereocenters. The van der Waals surface area contributed by atoms with Gasteiger partial charge in [0.2, 0.25) is 0 Å². The molecule has 0 spiro atoms. The Kier molecular flexibility index (Phi) is 11.6. The van der Waals surface area contributed by atoms with E-state index in [1.54, 1.807) is 6.92 Å². The van der Waals surface area contributed by atoms with Gasteiger partial charge in [-0.3, -0.25) is 0 Å². The summed E-state index contributed by atoms with van der Waals surface area (Å²) in [6, 6.07) is 21.8. The second kappa shape index (κ2) is 14.4. The monoisotopic (exact) mass is 561 g/mol. The van der Waals surface area contributed by atoms with Crippen LogP contribution < -0.4 is 16.1 Å². The lowest BCUT2D eigenvalue weighted by Crippen LogP contribution is -2.67. The van der Waals surface area contributed by atoms with Crippen LogP contribution in [0.25, 0.3) is 0 Å². The van der Waals surface area contributed by atoms with Crippen LogP contribution in [-0.2, 0) is 14.0 Å². The van der Waals surface area contributed by atoms with E-state index in [-0.39, 0.29) is 16.5 Å². The zero-order valence-electron chi connectivity index (χ0n) is 25.6. The van der Waals surface area contributed by atoms with Crippen molar-refractivity contribution < 1.29 is 14.0 Å². The summed E-state index contributed by atoms with van der Waals surface area (Å²) in [5.74, 6) is 0.566. The number of rotatable bonds is 13. The van der Waals surface area contributed by atoms with Gasteiger partial charge < -0.3 is 14.9 Å². The van der Waals surface area contributed by atoms with Gasteiger partial charge in [0.15, 0.2) is 0 Å². The number of carbonyl (C=O) groups excluding carboxylic acids is 1. The Hall–Kier alpha value is -2.47. The average Bonchev–Trinajstić information content (AvgIpc) is 3.32. The quantitative estimate of drug-likeness (QED) is 0.0947. The van der Waals surface area contributed by atoms with Gasteiger partial charge in [-0.1, -0.05) is 113 Å². The highest BCUT2D eigenvalue weighted by Crippen LogP contribution is 2.43. The molecule has 0 amide bonds. The van der Waals surface area contributed by atoms with E-state index < -0.39 is 8.32 Å². The van der Waals surface area contributed by atoms with Crippen molar-refractivity contribution in [2.24, 2.45) is 17.6 Å². The molecule has 0 aromatic heterocycles. The second-order valence-electron chi connectivity index (χ2n) is 12.6. The molecule has 3 rings (SSSR count). The van der Waals surface area contributed by atoms with Gasteiger partial charge in [-0.25, -0.2) is 4.79 Å². The fourth-order valence-corrected chi connectivity index (χ4v) is 11.3. The first-order valence-corrected chi connectivity index (χ1v) is 17.0. The van der Waals surface area contributed by atoms with E-state index in [4.69, 9.17) is 14.9 Å². The Labute approximate surface area is 244 Å². The van der Waals surface area contributed by atoms with Crippen LogP contribution >= 0.6 is 0 Å². The van der Waals surface area contributed by atoms with Gasteiger partial charge in [0.05, 0.1) is 6.61 Å². The lowest BCUT2D eigenvalue weighted by atomic mass is 9.77. The van der Waals surface area contributed by atoms with Crippen LogP contribution in [0, 0.1) is 11.8 Å². The van der Waals surface area contributed by atoms with Gasteiger partial charge in [0, 0.05) is 17.7 Å². The first-order valence-electron chi connectivity index (χ1n) is 15.1. The summed E-state index contributed by atoms with van der Waals surface area (Å²) < 4.78 is 12.3. The number of hydrogen-bond acceptors (Lipinski definition) is 4. The molecule has 218 valence electrons. The molecule has 0 radical (unpaired) electrons. The maximum atomic E-state index is 11.8. The Morgan fingerprint density at radius 2 is 1.70 bits per heavy atom. The fourth-order valence-electron chi connectivity index (χ4n) is 6.59. The Morgan fingerprint density at radius 1 is 1.10 bits per heavy atom. The average molecular weight is 562 g/mol. The summed E-state index contributed by atoms with van der Waals surface area (Å²) >= 11 is 0. The van der Waals surface area contributed by atoms with E-state index >= 15 is 0 Å². The molecule has 0 saturated heterocycles. The zero-order chi connectivity index (χ0) is 29.2. The van der Waals surface area contributed by atoms with E-state index in [1.807, 2.05) is 19.1 Å². The maximum absolute atomic E-state index is 11.8. The minimum atomic E-state index is -2.56. The summed E-state index contributed by atoms with van der Waals surface area (Å²) in [7, 11) is -2.56. The van der Waals surface area contributed by atoms with Crippen LogP contribution in [0.1, 0.15) is 80.1 Å². The van der Waals surface area contributed by atoms with E-state index in [9.17, 15) is 4.79 Å². The third-order valence-corrected chi connectivity index (χ3v) is 13.7. The zero-order valence-corrected chi connectivity index (χ0v) is 26.6. The fraction of sp³-hybridized carbons (Fsp3) is 0.514. The van der Waals surface area contributed by atoms with Crippen molar-refractivity contribution in [1.82, 2.24) is 0 Å². The molecule has 2 aromatic carbocycles. The molecule has 1 saturated carbocycles. The van der Waals surface area contributed by atoms with Crippen LogP contribution in [0.4, 0.5) is 0 Å². The van der Waals surface area contributed by atoms with Gasteiger partial charge in [-0.05, 0) is 73.2 Å². The van der Waals surface area contributed by atoms with Crippen LogP contribution in [0.2, 0.25) is 5.04 Å². The van der Waals surface area contributed by atoms with Crippen molar-refractivity contribution in [3.05, 3.63) is 84.5 Å². The van der Waals surface area contributed by atoms with Crippen molar-refractivity contribution in [3.63, 3.8) is 0 Å². The van der Waals surface area contributed by atoms with Gasteiger partial charge in [-0.2, -0.15) is 0 Å². The van der Waals surface area contributed by atoms with E-state index in [0.29, 0.717) is 30.6 Å². The molecule has 0 heterocycles. The normalized spacial score (nSPS) is 21.1. The molecule has 0 bridgehead atoms. The summed E-state index contributed by atoms with van der Waals surface area (Å²) in [6.45, 7) is 14.1. The molecule has 40 heavy (non-hydrogen) atoms. The number of benzene rings is 2. The highest BCUT2D eigenvalue weighted by molar-refractivity contribution is 6.99. The van der Waals surface area contributed by atoms with Crippen LogP contribution in [0.3, 0.4) is 0 Å². The predicted octanol–water partition coefficient (Wildman–Crippen LogP) is 6.93. The van der Waals surface area contributed by atoms with Crippen molar-refractivity contribution in [1.29, 1.82) is 0 Å². The van der Waals surface area contributed by atoms with Crippen molar-refractivity contribution in [3.8, 4) is 0 Å². The molecule has 0 aliphatic heterocycles. The minimum Gasteiger partial charge on any atom is -0.463 e. The second-order valence-corrected chi connectivity index (χ2v) is 16.9. The first-order chi connectivity index (χ1) is 19.0. The number of ether oxygens (including phenoxy) is 1. The Balaban J connectivity index is 1.70. The number of carbonyl (C=O) groups is 1. The number of allylic oxidation sites excluding steroid dienone is 3. The molecule has 1 fully saturated rings. The molecule has 2 N–H and O–H groups in total. The lowest BCUT2D eigenvalue weighted by molar-refractivity contribution is -0.138. The Morgan fingerprint density at radius 3 is 2.25 bits per heavy atom. The first kappa shape index (κ1) is 32.0. The largest absolute Gasteiger partial charge is 0.463 e. The van der Waals surface area contributed by atoms with Crippen molar-refractivity contribution in [2.75, 3.05) is 13.2 Å². The third-order valence-electron chi connectivity index (χ3n) is 8.65. The molecule has 1 aliphatic rings. The predicted molar refractivity (Wildman–Crippen MR) is 170 cm³/mol. The standard InChI is InChI=1S/C35H51NO3Si/c1-7-38-33(37)28(2)19-12-8-9-17-25-35(36)26-18-24-32(35)29(3)27-39-40(34(4,5)6,30-20-13-10-14-21-30)31-22-15-11-16-23-31/h8,10-16,19-23,29,32H,7,9,17-18,24-27,36H2,1-6H3/b12-8+,28-19+/t29-,32-,35-/m1/s1. The van der Waals surface area contributed by atoms with Crippen molar-refractivity contribution in [2.45, 2.75) is 90.6 Å². The number of esters is 1. The molecule has 0 unspecified atom stereocenters. The summed E-state index contributed by atoms with van der Waals surface area (Å²) in [5, 5.41) is 2.62. The van der Waals surface area contributed by atoms with Gasteiger partial charge >= 0.3 is 5.97 Å². The Bertz CT molecular complexity index is 1080. The van der Waals surface area contributed by atoms with E-state index in [2.05, 4.69) is 94.4 Å². The molecule has 5 heteroatoms. The minimum absolute atomic E-state index is 0.0304. The van der Waals surface area contributed by atoms with Crippen LogP contribution in [-0.4, -0.2) is 33.0 Å². The molecule has 2 aromatic rings. The van der Waals surface area contributed by atoms with E-state index in [1.165, 1.54) is 23.2 Å². The van der Waals surface area contributed by atoms with Gasteiger partial charge in [-0.15, -0.1) is 0 Å². The number of hydrogen-bond donors (Lipinski definition) is 1.